The van der Waals surface area contributed by atoms with E-state index in [-0.39, 0.29) is 30.1 Å². The van der Waals surface area contributed by atoms with Gasteiger partial charge in [-0.1, -0.05) is 23.8 Å². The van der Waals surface area contributed by atoms with Gasteiger partial charge in [0.25, 0.3) is 0 Å². The minimum absolute atomic E-state index is 0.0622. The van der Waals surface area contributed by atoms with Crippen molar-refractivity contribution in [2.75, 3.05) is 26.2 Å². The van der Waals surface area contributed by atoms with Gasteiger partial charge in [0.2, 0.25) is 0 Å². The van der Waals surface area contributed by atoms with Crippen molar-refractivity contribution in [3.05, 3.63) is 35.4 Å². The molecule has 1 amide bonds. The normalized spacial score (nSPS) is 28.8. The molecule has 3 aliphatic rings. The largest absolute Gasteiger partial charge is 0.490 e. The smallest absolute Gasteiger partial charge is 0.410 e. The lowest BCUT2D eigenvalue weighted by Crippen LogP contribution is -2.57. The number of rotatable bonds is 7. The predicted molar refractivity (Wildman–Crippen MR) is 145 cm³/mol. The molecule has 0 aromatic heterocycles. The number of likely N-dealkylation sites (tertiary alicyclic amines) is 1. The van der Waals surface area contributed by atoms with Crippen molar-refractivity contribution in [2.24, 2.45) is 17.6 Å². The summed E-state index contributed by atoms with van der Waals surface area (Å²) in [6.45, 7) is 14.7. The van der Waals surface area contributed by atoms with Crippen LogP contribution in [0.5, 0.6) is 11.5 Å². The van der Waals surface area contributed by atoms with E-state index in [1.165, 1.54) is 5.57 Å². The highest BCUT2D eigenvalue weighted by Gasteiger charge is 2.54. The van der Waals surface area contributed by atoms with E-state index in [2.05, 4.69) is 32.9 Å². The average Bonchev–Trinajstić information content (AvgIpc) is 2.82. The highest BCUT2D eigenvalue weighted by Crippen LogP contribution is 2.56. The SMILES string of the molecule is CC(C)=CCC[C@@]1(C)Oc2c(OCCCN)cccc2[C@H]2O[C@H]3CCN(C(=O)OC(C)(C)C)C[C@@H]3C[C@@H]21. The number of carbonyl (C=O) groups excluding carboxylic acids is 1. The van der Waals surface area contributed by atoms with E-state index in [4.69, 9.17) is 24.7 Å². The summed E-state index contributed by atoms with van der Waals surface area (Å²) in [5.74, 6) is 2.00. The molecule has 4 rings (SSSR count). The number of para-hydroxylation sites is 1. The maximum atomic E-state index is 12.8. The summed E-state index contributed by atoms with van der Waals surface area (Å²) < 4.78 is 25.6. The Bertz CT molecular complexity index is 983. The van der Waals surface area contributed by atoms with Gasteiger partial charge in [0.05, 0.1) is 18.8 Å². The van der Waals surface area contributed by atoms with Gasteiger partial charge in [-0.3, -0.25) is 0 Å². The molecule has 37 heavy (non-hydrogen) atoms. The van der Waals surface area contributed by atoms with Gasteiger partial charge in [0.1, 0.15) is 11.2 Å². The van der Waals surface area contributed by atoms with E-state index < -0.39 is 11.2 Å². The van der Waals surface area contributed by atoms with Gasteiger partial charge in [0.15, 0.2) is 11.5 Å². The number of nitrogens with two attached hydrogens (primary N) is 1. The third kappa shape index (κ3) is 6.43. The molecule has 7 heteroatoms. The second-order valence-corrected chi connectivity index (χ2v) is 12.3. The Morgan fingerprint density at radius 1 is 1.30 bits per heavy atom. The lowest BCUT2D eigenvalue weighted by molar-refractivity contribution is -0.191. The third-order valence-electron chi connectivity index (χ3n) is 7.79. The lowest BCUT2D eigenvalue weighted by Gasteiger charge is -2.54. The fourth-order valence-corrected chi connectivity index (χ4v) is 5.94. The topological polar surface area (TPSA) is 83.3 Å². The molecule has 0 radical (unpaired) electrons. The molecule has 2 fully saturated rings. The van der Waals surface area contributed by atoms with Crippen molar-refractivity contribution in [3.8, 4) is 11.5 Å². The van der Waals surface area contributed by atoms with Crippen LogP contribution in [0.25, 0.3) is 0 Å². The van der Waals surface area contributed by atoms with Crippen LogP contribution in [0, 0.1) is 11.8 Å². The fourth-order valence-electron chi connectivity index (χ4n) is 5.94. The van der Waals surface area contributed by atoms with Crippen molar-refractivity contribution in [1.82, 2.24) is 4.90 Å². The highest BCUT2D eigenvalue weighted by molar-refractivity contribution is 5.68. The number of carbonyl (C=O) groups is 1. The van der Waals surface area contributed by atoms with Gasteiger partial charge in [0, 0.05) is 30.5 Å². The van der Waals surface area contributed by atoms with Crippen molar-refractivity contribution < 1.29 is 23.7 Å². The standard InChI is InChI=1S/C30H46N2O5/c1-20(2)10-8-14-30(6)23-18-21-19-32(28(33)37-29(3,4)5)16-13-24(21)35-26(23)22-11-7-12-25(27(22)36-30)34-17-9-15-31/h7,10-12,21,23-24,26H,8-9,13-19,31H2,1-6H3/t21-,23-,24-,26+,30+/m0/s1. The third-order valence-corrected chi connectivity index (χ3v) is 7.79. The molecule has 7 nitrogen and oxygen atoms in total. The maximum Gasteiger partial charge on any atom is 0.410 e. The summed E-state index contributed by atoms with van der Waals surface area (Å²) in [6.07, 6.45) is 6.45. The number of allylic oxidation sites excluding steroid dienone is 2. The molecule has 1 aromatic rings. The van der Waals surface area contributed by atoms with Gasteiger partial charge in [-0.25, -0.2) is 4.79 Å². The molecule has 2 saturated heterocycles. The van der Waals surface area contributed by atoms with Gasteiger partial charge >= 0.3 is 6.09 Å². The van der Waals surface area contributed by atoms with E-state index in [0.717, 1.165) is 49.2 Å². The van der Waals surface area contributed by atoms with Crippen LogP contribution < -0.4 is 15.2 Å². The number of ether oxygens (including phenoxy) is 4. The lowest BCUT2D eigenvalue weighted by atomic mass is 9.68. The van der Waals surface area contributed by atoms with E-state index >= 15 is 0 Å². The summed E-state index contributed by atoms with van der Waals surface area (Å²) in [6, 6.07) is 6.13. The Hall–Kier alpha value is -2.25. The molecule has 2 N–H and O–H groups in total. The highest BCUT2D eigenvalue weighted by atomic mass is 16.6. The van der Waals surface area contributed by atoms with Crippen LogP contribution in [-0.4, -0.2) is 54.5 Å². The Kier molecular flexibility index (Phi) is 8.44. The van der Waals surface area contributed by atoms with Gasteiger partial charge < -0.3 is 29.6 Å². The molecule has 0 bridgehead atoms. The average molecular weight is 515 g/mol. The van der Waals surface area contributed by atoms with Crippen LogP contribution >= 0.6 is 0 Å². The van der Waals surface area contributed by atoms with E-state index in [9.17, 15) is 4.79 Å². The molecule has 1 aromatic carbocycles. The summed E-state index contributed by atoms with van der Waals surface area (Å²) in [5, 5.41) is 0. The number of amides is 1. The first-order valence-electron chi connectivity index (χ1n) is 13.9. The quantitative estimate of drug-likeness (QED) is 0.354. The second-order valence-electron chi connectivity index (χ2n) is 12.3. The number of piperidine rings is 1. The maximum absolute atomic E-state index is 12.8. The van der Waals surface area contributed by atoms with Crippen LogP contribution in [0.4, 0.5) is 4.79 Å². The minimum atomic E-state index is -0.504. The molecular formula is C30H46N2O5. The zero-order valence-corrected chi connectivity index (χ0v) is 23.5. The molecule has 206 valence electrons. The zero-order chi connectivity index (χ0) is 26.8. The number of nitrogens with zero attached hydrogens (tertiary/aromatic N) is 1. The van der Waals surface area contributed by atoms with E-state index in [1.54, 1.807) is 0 Å². The van der Waals surface area contributed by atoms with E-state index in [1.807, 2.05) is 37.8 Å². The Morgan fingerprint density at radius 2 is 2.08 bits per heavy atom. The first-order chi connectivity index (χ1) is 17.5. The van der Waals surface area contributed by atoms with Crippen molar-refractivity contribution in [3.63, 3.8) is 0 Å². The van der Waals surface area contributed by atoms with Gasteiger partial charge in [-0.2, -0.15) is 0 Å². The Morgan fingerprint density at radius 3 is 2.78 bits per heavy atom. The van der Waals surface area contributed by atoms with Crippen molar-refractivity contribution in [1.29, 1.82) is 0 Å². The number of fused-ring (bicyclic) bond motifs is 4. The van der Waals surface area contributed by atoms with Crippen molar-refractivity contribution >= 4 is 6.09 Å². The molecule has 0 spiro atoms. The first-order valence-corrected chi connectivity index (χ1v) is 13.9. The molecule has 0 unspecified atom stereocenters. The predicted octanol–water partition coefficient (Wildman–Crippen LogP) is 6.01. The molecule has 5 atom stereocenters. The van der Waals surface area contributed by atoms with Crippen LogP contribution in [-0.2, 0) is 9.47 Å². The van der Waals surface area contributed by atoms with Crippen LogP contribution in [0.15, 0.2) is 29.8 Å². The monoisotopic (exact) mass is 514 g/mol. The number of benzene rings is 1. The molecule has 0 saturated carbocycles. The Labute approximate surface area is 222 Å². The minimum Gasteiger partial charge on any atom is -0.490 e. The van der Waals surface area contributed by atoms with Crippen molar-refractivity contribution in [2.45, 2.75) is 97.1 Å². The summed E-state index contributed by atoms with van der Waals surface area (Å²) in [7, 11) is 0. The molecule has 0 aliphatic carbocycles. The summed E-state index contributed by atoms with van der Waals surface area (Å²) in [5.41, 5.74) is 7.15. The zero-order valence-electron chi connectivity index (χ0n) is 23.5. The number of hydrogen-bond acceptors (Lipinski definition) is 6. The van der Waals surface area contributed by atoms with Gasteiger partial charge in [-0.15, -0.1) is 0 Å². The van der Waals surface area contributed by atoms with Crippen LogP contribution in [0.2, 0.25) is 0 Å². The second kappa shape index (κ2) is 11.2. The number of hydrogen-bond donors (Lipinski definition) is 1. The van der Waals surface area contributed by atoms with Gasteiger partial charge in [-0.05, 0) is 86.3 Å². The summed E-state index contributed by atoms with van der Waals surface area (Å²) >= 11 is 0. The molecule has 3 heterocycles. The molecular weight excluding hydrogens is 468 g/mol. The van der Waals surface area contributed by atoms with E-state index in [0.29, 0.717) is 26.2 Å². The Balaban J connectivity index is 1.60. The van der Waals surface area contributed by atoms with Crippen LogP contribution in [0.3, 0.4) is 0 Å². The first kappa shape index (κ1) is 27.8. The fraction of sp³-hybridized carbons (Fsp3) is 0.700. The molecule has 3 aliphatic heterocycles. The summed E-state index contributed by atoms with van der Waals surface area (Å²) in [4.78, 5) is 14.7. The van der Waals surface area contributed by atoms with Crippen LogP contribution in [0.1, 0.15) is 85.3 Å².